The van der Waals surface area contributed by atoms with E-state index in [4.69, 9.17) is 0 Å². The van der Waals surface area contributed by atoms with Crippen LogP contribution in [0.5, 0.6) is 0 Å². The van der Waals surface area contributed by atoms with Gasteiger partial charge in [0.2, 0.25) is 5.91 Å². The summed E-state index contributed by atoms with van der Waals surface area (Å²) >= 11 is 0. The number of hydrogen-bond acceptors (Lipinski definition) is 3. The van der Waals surface area contributed by atoms with E-state index >= 15 is 0 Å². The van der Waals surface area contributed by atoms with Crippen LogP contribution in [0.1, 0.15) is 64.0 Å². The molecular formula is C22H31N3O3. The Labute approximate surface area is 167 Å². The molecule has 1 aromatic rings. The van der Waals surface area contributed by atoms with Gasteiger partial charge in [-0.2, -0.15) is 0 Å². The highest BCUT2D eigenvalue weighted by molar-refractivity contribution is 6.10. The van der Waals surface area contributed by atoms with Crippen molar-refractivity contribution in [3.8, 4) is 0 Å². The number of benzene rings is 1. The number of carbonyl (C=O) groups excluding carboxylic acids is 3. The predicted octanol–water partition coefficient (Wildman–Crippen LogP) is 3.64. The minimum Gasteiger partial charge on any atom is -0.324 e. The second kappa shape index (κ2) is 8.33. The van der Waals surface area contributed by atoms with Crippen LogP contribution in [-0.4, -0.2) is 34.8 Å². The highest BCUT2D eigenvalue weighted by Gasteiger charge is 2.52. The molecule has 4 amide bonds. The summed E-state index contributed by atoms with van der Waals surface area (Å²) in [7, 11) is 0. The third-order valence-electron chi connectivity index (χ3n) is 6.35. The van der Waals surface area contributed by atoms with Crippen LogP contribution in [0.4, 0.5) is 10.5 Å². The summed E-state index contributed by atoms with van der Waals surface area (Å²) in [6.07, 6.45) is 5.89. The standard InChI is InChI=1S/C22H31N3O3/c1-4-15-10-12-22(13-11-15)20(27)25(21(28)24-22)14-18(26)23-19-16(5-2)8-7-9-17(19)6-3/h7-9,15H,4-6,10-14H2,1-3H3,(H,23,26)(H,24,28). The Hall–Kier alpha value is -2.37. The molecule has 0 atom stereocenters. The molecule has 28 heavy (non-hydrogen) atoms. The first-order chi connectivity index (χ1) is 13.4. The first-order valence-electron chi connectivity index (χ1n) is 10.5. The van der Waals surface area contributed by atoms with Gasteiger partial charge in [0.25, 0.3) is 5.91 Å². The van der Waals surface area contributed by atoms with E-state index in [2.05, 4.69) is 17.6 Å². The molecule has 1 heterocycles. The molecule has 6 heteroatoms. The lowest BCUT2D eigenvalue weighted by molar-refractivity contribution is -0.135. The van der Waals surface area contributed by atoms with Crippen LogP contribution in [-0.2, 0) is 22.4 Å². The molecule has 2 N–H and O–H groups in total. The number of rotatable bonds is 6. The van der Waals surface area contributed by atoms with Gasteiger partial charge in [-0.3, -0.25) is 14.5 Å². The number of para-hydroxylation sites is 1. The molecule has 2 fully saturated rings. The van der Waals surface area contributed by atoms with Crippen LogP contribution >= 0.6 is 0 Å². The highest BCUT2D eigenvalue weighted by Crippen LogP contribution is 2.37. The zero-order chi connectivity index (χ0) is 20.3. The summed E-state index contributed by atoms with van der Waals surface area (Å²) in [5, 5.41) is 5.83. The second-order valence-corrected chi connectivity index (χ2v) is 7.96. The zero-order valence-corrected chi connectivity index (χ0v) is 17.1. The molecule has 152 valence electrons. The van der Waals surface area contributed by atoms with Gasteiger partial charge >= 0.3 is 6.03 Å². The molecule has 1 aliphatic heterocycles. The van der Waals surface area contributed by atoms with E-state index in [0.29, 0.717) is 18.8 Å². The first-order valence-corrected chi connectivity index (χ1v) is 10.5. The number of aryl methyl sites for hydroxylation is 2. The van der Waals surface area contributed by atoms with Gasteiger partial charge in [-0.05, 0) is 55.6 Å². The lowest BCUT2D eigenvalue weighted by atomic mass is 9.75. The molecule has 1 aromatic carbocycles. The molecule has 1 saturated carbocycles. The van der Waals surface area contributed by atoms with Crippen molar-refractivity contribution in [3.05, 3.63) is 29.3 Å². The van der Waals surface area contributed by atoms with Crippen LogP contribution in [0.25, 0.3) is 0 Å². The Balaban J connectivity index is 1.70. The topological polar surface area (TPSA) is 78.5 Å². The van der Waals surface area contributed by atoms with Gasteiger partial charge < -0.3 is 10.6 Å². The maximum absolute atomic E-state index is 13.0. The molecule has 1 aliphatic carbocycles. The summed E-state index contributed by atoms with van der Waals surface area (Å²) in [5.41, 5.74) is 2.11. The van der Waals surface area contributed by atoms with E-state index in [1.165, 1.54) is 0 Å². The number of hydrogen-bond donors (Lipinski definition) is 2. The second-order valence-electron chi connectivity index (χ2n) is 7.96. The summed E-state index contributed by atoms with van der Waals surface area (Å²) < 4.78 is 0. The fourth-order valence-corrected chi connectivity index (χ4v) is 4.46. The fourth-order valence-electron chi connectivity index (χ4n) is 4.46. The van der Waals surface area contributed by atoms with E-state index < -0.39 is 11.6 Å². The van der Waals surface area contributed by atoms with Crippen molar-refractivity contribution in [1.82, 2.24) is 10.2 Å². The average Bonchev–Trinajstić information content (AvgIpc) is 2.92. The summed E-state index contributed by atoms with van der Waals surface area (Å²) in [4.78, 5) is 39.2. The van der Waals surface area contributed by atoms with Gasteiger partial charge in [-0.1, -0.05) is 45.4 Å². The Kier molecular flexibility index (Phi) is 6.06. The maximum Gasteiger partial charge on any atom is 0.325 e. The van der Waals surface area contributed by atoms with E-state index in [-0.39, 0.29) is 18.4 Å². The van der Waals surface area contributed by atoms with Crippen molar-refractivity contribution in [1.29, 1.82) is 0 Å². The molecule has 0 unspecified atom stereocenters. The van der Waals surface area contributed by atoms with Crippen molar-refractivity contribution in [2.75, 3.05) is 11.9 Å². The van der Waals surface area contributed by atoms with E-state index in [0.717, 1.165) is 53.8 Å². The normalized spacial score (nSPS) is 24.5. The van der Waals surface area contributed by atoms with Gasteiger partial charge in [0.05, 0.1) is 0 Å². The third kappa shape index (κ3) is 3.77. The number of amides is 4. The third-order valence-corrected chi connectivity index (χ3v) is 6.35. The Morgan fingerprint density at radius 1 is 1.14 bits per heavy atom. The van der Waals surface area contributed by atoms with Crippen LogP contribution in [0.15, 0.2) is 18.2 Å². The number of carbonyl (C=O) groups is 3. The van der Waals surface area contributed by atoms with Crippen LogP contribution in [0.3, 0.4) is 0 Å². The number of anilines is 1. The molecule has 1 saturated heterocycles. The zero-order valence-electron chi connectivity index (χ0n) is 17.1. The van der Waals surface area contributed by atoms with Crippen molar-refractivity contribution < 1.29 is 14.4 Å². The average molecular weight is 386 g/mol. The van der Waals surface area contributed by atoms with E-state index in [9.17, 15) is 14.4 Å². The Morgan fingerprint density at radius 3 is 2.29 bits per heavy atom. The molecule has 0 radical (unpaired) electrons. The maximum atomic E-state index is 13.0. The van der Waals surface area contributed by atoms with Gasteiger partial charge in [0.15, 0.2) is 0 Å². The van der Waals surface area contributed by atoms with E-state index in [1.54, 1.807) is 0 Å². The Morgan fingerprint density at radius 2 is 1.75 bits per heavy atom. The highest BCUT2D eigenvalue weighted by atomic mass is 16.2. The molecule has 1 spiro atoms. The van der Waals surface area contributed by atoms with Crippen molar-refractivity contribution in [2.24, 2.45) is 5.92 Å². The SMILES string of the molecule is CCc1cccc(CC)c1NC(=O)CN1C(=O)NC2(CCC(CC)CC2)C1=O. The number of nitrogens with zero attached hydrogens (tertiary/aromatic N) is 1. The molecule has 6 nitrogen and oxygen atoms in total. The largest absolute Gasteiger partial charge is 0.325 e. The number of nitrogens with one attached hydrogen (secondary N) is 2. The minimum absolute atomic E-state index is 0.245. The molecule has 3 rings (SSSR count). The summed E-state index contributed by atoms with van der Waals surface area (Å²) in [6.45, 7) is 5.99. The van der Waals surface area contributed by atoms with Crippen LogP contribution in [0.2, 0.25) is 0 Å². The predicted molar refractivity (Wildman–Crippen MR) is 109 cm³/mol. The van der Waals surface area contributed by atoms with Crippen molar-refractivity contribution >= 4 is 23.5 Å². The quantitative estimate of drug-likeness (QED) is 0.734. The lowest BCUT2D eigenvalue weighted by Crippen LogP contribution is -2.49. The summed E-state index contributed by atoms with van der Waals surface area (Å²) in [5.74, 6) is 0.0331. The van der Waals surface area contributed by atoms with Crippen molar-refractivity contribution in [3.63, 3.8) is 0 Å². The molecular weight excluding hydrogens is 354 g/mol. The molecule has 0 aromatic heterocycles. The molecule has 2 aliphatic rings. The monoisotopic (exact) mass is 385 g/mol. The van der Waals surface area contributed by atoms with Gasteiger partial charge in [0, 0.05) is 5.69 Å². The van der Waals surface area contributed by atoms with Crippen molar-refractivity contribution in [2.45, 2.75) is 71.3 Å². The lowest BCUT2D eigenvalue weighted by Gasteiger charge is -2.34. The van der Waals surface area contributed by atoms with E-state index in [1.807, 2.05) is 32.0 Å². The van der Waals surface area contributed by atoms with Crippen LogP contribution in [0, 0.1) is 5.92 Å². The van der Waals surface area contributed by atoms with Gasteiger partial charge in [0.1, 0.15) is 12.1 Å². The first kappa shape index (κ1) is 20.4. The number of imide groups is 1. The Bertz CT molecular complexity index is 744. The smallest absolute Gasteiger partial charge is 0.324 e. The van der Waals surface area contributed by atoms with Gasteiger partial charge in [-0.25, -0.2) is 4.79 Å². The fraction of sp³-hybridized carbons (Fsp3) is 0.591. The molecule has 0 bridgehead atoms. The van der Waals surface area contributed by atoms with Gasteiger partial charge in [-0.15, -0.1) is 0 Å². The summed E-state index contributed by atoms with van der Waals surface area (Å²) in [6, 6.07) is 5.52. The number of urea groups is 1. The van der Waals surface area contributed by atoms with Crippen LogP contribution < -0.4 is 10.6 Å². The minimum atomic E-state index is -0.807.